The van der Waals surface area contributed by atoms with Crippen molar-refractivity contribution in [3.05, 3.63) is 46.0 Å². The number of nitrogens with one attached hydrogen (secondary N) is 1. The number of piperidine rings is 1. The highest BCUT2D eigenvalue weighted by Gasteiger charge is 2.17. The van der Waals surface area contributed by atoms with Gasteiger partial charge in [-0.2, -0.15) is 4.98 Å². The van der Waals surface area contributed by atoms with Gasteiger partial charge in [-0.25, -0.2) is 0 Å². The summed E-state index contributed by atoms with van der Waals surface area (Å²) >= 11 is 3.48. The second kappa shape index (κ2) is 6.50. The molecule has 1 saturated heterocycles. The average molecular weight is 336 g/mol. The Kier molecular flexibility index (Phi) is 4.47. The van der Waals surface area contributed by atoms with Crippen LogP contribution in [0.5, 0.6) is 0 Å². The molecular formula is C15H18BrN3O. The Hall–Kier alpha value is -1.20. The molecule has 1 aliphatic heterocycles. The predicted molar refractivity (Wildman–Crippen MR) is 80.5 cm³/mol. The molecule has 1 aromatic carbocycles. The first-order chi connectivity index (χ1) is 9.79. The molecule has 5 heteroatoms. The molecule has 1 unspecified atom stereocenters. The highest BCUT2D eigenvalue weighted by Crippen LogP contribution is 2.17. The first-order valence-electron chi connectivity index (χ1n) is 7.06. The van der Waals surface area contributed by atoms with Gasteiger partial charge in [0.15, 0.2) is 5.82 Å². The summed E-state index contributed by atoms with van der Waals surface area (Å²) in [5.41, 5.74) is 1.19. The van der Waals surface area contributed by atoms with Gasteiger partial charge in [-0.15, -0.1) is 0 Å². The van der Waals surface area contributed by atoms with Crippen LogP contribution in [0.25, 0.3) is 0 Å². The third kappa shape index (κ3) is 3.67. The van der Waals surface area contributed by atoms with Crippen molar-refractivity contribution in [1.29, 1.82) is 0 Å². The van der Waals surface area contributed by atoms with Crippen LogP contribution < -0.4 is 5.32 Å². The van der Waals surface area contributed by atoms with Gasteiger partial charge in [0, 0.05) is 17.3 Å². The van der Waals surface area contributed by atoms with Gasteiger partial charge >= 0.3 is 0 Å². The quantitative estimate of drug-likeness (QED) is 0.933. The van der Waals surface area contributed by atoms with Crippen molar-refractivity contribution in [2.75, 3.05) is 13.1 Å². The largest absolute Gasteiger partial charge is 0.339 e. The third-order valence-corrected chi connectivity index (χ3v) is 4.12. The Bertz CT molecular complexity index is 564. The van der Waals surface area contributed by atoms with Crippen molar-refractivity contribution in [1.82, 2.24) is 15.5 Å². The van der Waals surface area contributed by atoms with Crippen LogP contribution in [-0.4, -0.2) is 23.2 Å². The van der Waals surface area contributed by atoms with E-state index < -0.39 is 0 Å². The molecule has 4 nitrogen and oxygen atoms in total. The second-order valence-corrected chi connectivity index (χ2v) is 6.24. The lowest BCUT2D eigenvalue weighted by Gasteiger charge is -2.20. The molecular weight excluding hydrogens is 318 g/mol. The number of hydrogen-bond donors (Lipinski definition) is 1. The summed E-state index contributed by atoms with van der Waals surface area (Å²) in [6.45, 7) is 2.19. The van der Waals surface area contributed by atoms with E-state index in [0.29, 0.717) is 12.3 Å². The summed E-state index contributed by atoms with van der Waals surface area (Å²) < 4.78 is 6.45. The van der Waals surface area contributed by atoms with Crippen molar-refractivity contribution >= 4 is 15.9 Å². The lowest BCUT2D eigenvalue weighted by Crippen LogP contribution is -2.30. The molecule has 2 heterocycles. The lowest BCUT2D eigenvalue weighted by molar-refractivity contribution is 0.314. The minimum Gasteiger partial charge on any atom is -0.339 e. The van der Waals surface area contributed by atoms with Crippen LogP contribution in [0.15, 0.2) is 33.3 Å². The molecule has 2 aromatic rings. The molecule has 3 rings (SSSR count). The number of rotatable bonds is 4. The first-order valence-corrected chi connectivity index (χ1v) is 7.85. The molecule has 1 aromatic heterocycles. The van der Waals surface area contributed by atoms with Crippen molar-refractivity contribution in [2.45, 2.75) is 25.7 Å². The topological polar surface area (TPSA) is 51.0 Å². The highest BCUT2D eigenvalue weighted by molar-refractivity contribution is 9.10. The van der Waals surface area contributed by atoms with E-state index in [9.17, 15) is 0 Å². The van der Waals surface area contributed by atoms with Gasteiger partial charge in [0.2, 0.25) is 5.89 Å². The predicted octanol–water partition coefficient (Wildman–Crippen LogP) is 2.96. The van der Waals surface area contributed by atoms with Crippen LogP contribution in [0.2, 0.25) is 0 Å². The van der Waals surface area contributed by atoms with Crippen LogP contribution in [0.1, 0.15) is 30.1 Å². The molecule has 0 bridgehead atoms. The smallest absolute Gasteiger partial charge is 0.226 e. The summed E-state index contributed by atoms with van der Waals surface area (Å²) in [5.74, 6) is 2.16. The summed E-state index contributed by atoms with van der Waals surface area (Å²) in [6, 6.07) is 8.20. The maximum absolute atomic E-state index is 5.37. The Labute approximate surface area is 127 Å². The van der Waals surface area contributed by atoms with E-state index in [0.717, 1.165) is 35.7 Å². The van der Waals surface area contributed by atoms with Crippen LogP contribution >= 0.6 is 15.9 Å². The van der Waals surface area contributed by atoms with Crippen LogP contribution in [-0.2, 0) is 12.8 Å². The zero-order valence-corrected chi connectivity index (χ0v) is 12.9. The van der Waals surface area contributed by atoms with Gasteiger partial charge in [0.25, 0.3) is 0 Å². The maximum Gasteiger partial charge on any atom is 0.226 e. The molecule has 20 heavy (non-hydrogen) atoms. The van der Waals surface area contributed by atoms with E-state index in [4.69, 9.17) is 4.52 Å². The van der Waals surface area contributed by atoms with E-state index in [1.165, 1.54) is 18.4 Å². The van der Waals surface area contributed by atoms with Crippen molar-refractivity contribution < 1.29 is 4.52 Å². The molecule has 1 aliphatic rings. The normalized spacial score (nSPS) is 19.1. The number of benzene rings is 1. The third-order valence-electron chi connectivity index (χ3n) is 3.62. The summed E-state index contributed by atoms with van der Waals surface area (Å²) in [4.78, 5) is 4.51. The SMILES string of the molecule is Brc1cccc(Cc2noc(CC3CCCNC3)n2)c1. The number of halogens is 1. The van der Waals surface area contributed by atoms with Gasteiger partial charge in [-0.1, -0.05) is 33.2 Å². The van der Waals surface area contributed by atoms with E-state index in [2.05, 4.69) is 43.5 Å². The monoisotopic (exact) mass is 335 g/mol. The Morgan fingerprint density at radius 2 is 2.35 bits per heavy atom. The molecule has 0 saturated carbocycles. The summed E-state index contributed by atoms with van der Waals surface area (Å²) in [7, 11) is 0. The zero-order chi connectivity index (χ0) is 13.8. The second-order valence-electron chi connectivity index (χ2n) is 5.33. The zero-order valence-electron chi connectivity index (χ0n) is 11.3. The molecule has 1 atom stereocenters. The Morgan fingerprint density at radius 3 is 3.15 bits per heavy atom. The van der Waals surface area contributed by atoms with Gasteiger partial charge in [0.05, 0.1) is 0 Å². The van der Waals surface area contributed by atoms with E-state index >= 15 is 0 Å². The minimum atomic E-state index is 0.628. The van der Waals surface area contributed by atoms with Crippen LogP contribution in [0.4, 0.5) is 0 Å². The van der Waals surface area contributed by atoms with Gasteiger partial charge in [-0.3, -0.25) is 0 Å². The van der Waals surface area contributed by atoms with Gasteiger partial charge in [-0.05, 0) is 49.5 Å². The molecule has 0 radical (unpaired) electrons. The summed E-state index contributed by atoms with van der Waals surface area (Å²) in [5, 5.41) is 7.50. The molecule has 0 spiro atoms. The van der Waals surface area contributed by atoms with Gasteiger partial charge in [0.1, 0.15) is 0 Å². The molecule has 0 amide bonds. The van der Waals surface area contributed by atoms with E-state index in [1.807, 2.05) is 12.1 Å². The Balaban J connectivity index is 1.61. The molecule has 1 N–H and O–H groups in total. The maximum atomic E-state index is 5.37. The molecule has 106 valence electrons. The number of hydrogen-bond acceptors (Lipinski definition) is 4. The molecule has 1 fully saturated rings. The summed E-state index contributed by atoms with van der Waals surface area (Å²) in [6.07, 6.45) is 4.09. The fraction of sp³-hybridized carbons (Fsp3) is 0.467. The first kappa shape index (κ1) is 13.8. The fourth-order valence-electron chi connectivity index (χ4n) is 2.62. The van der Waals surface area contributed by atoms with Gasteiger partial charge < -0.3 is 9.84 Å². The van der Waals surface area contributed by atoms with E-state index in [-0.39, 0.29) is 0 Å². The van der Waals surface area contributed by atoms with Crippen molar-refractivity contribution in [3.8, 4) is 0 Å². The average Bonchev–Trinajstić information content (AvgIpc) is 2.87. The van der Waals surface area contributed by atoms with E-state index in [1.54, 1.807) is 0 Å². The number of aromatic nitrogens is 2. The molecule has 0 aliphatic carbocycles. The fourth-order valence-corrected chi connectivity index (χ4v) is 3.07. The van der Waals surface area contributed by atoms with Crippen molar-refractivity contribution in [2.24, 2.45) is 5.92 Å². The standard InChI is InChI=1S/C15H18BrN3O/c16-13-5-1-3-11(7-13)8-14-18-15(20-19-14)9-12-4-2-6-17-10-12/h1,3,5,7,12,17H,2,4,6,8-10H2. The highest BCUT2D eigenvalue weighted by atomic mass is 79.9. The van der Waals surface area contributed by atoms with Crippen molar-refractivity contribution in [3.63, 3.8) is 0 Å². The minimum absolute atomic E-state index is 0.628. The Morgan fingerprint density at radius 1 is 1.40 bits per heavy atom. The lowest BCUT2D eigenvalue weighted by atomic mass is 9.96. The van der Waals surface area contributed by atoms with Crippen LogP contribution in [0, 0.1) is 5.92 Å². The van der Waals surface area contributed by atoms with Crippen LogP contribution in [0.3, 0.4) is 0 Å². The number of nitrogens with zero attached hydrogens (tertiary/aromatic N) is 2.